The van der Waals surface area contributed by atoms with Gasteiger partial charge in [-0.3, -0.25) is 4.79 Å². The van der Waals surface area contributed by atoms with Crippen LogP contribution in [0.5, 0.6) is 0 Å². The molecule has 2 rings (SSSR count). The first-order valence-electron chi connectivity index (χ1n) is 7.08. The molecule has 0 spiro atoms. The monoisotopic (exact) mass is 339 g/mol. The van der Waals surface area contributed by atoms with Gasteiger partial charge in [-0.25, -0.2) is 0 Å². The van der Waals surface area contributed by atoms with Crippen LogP contribution in [0.25, 0.3) is 0 Å². The number of hydrogen-bond acceptors (Lipinski definition) is 3. The molecule has 1 saturated heterocycles. The molecule has 0 aromatic heterocycles. The quantitative estimate of drug-likeness (QED) is 0.854. The second kappa shape index (κ2) is 6.27. The molecule has 0 bridgehead atoms. The number of hydrogen-bond donors (Lipinski definition) is 1. The van der Waals surface area contributed by atoms with E-state index >= 15 is 0 Å². The molecule has 0 saturated carbocycles. The highest BCUT2D eigenvalue weighted by atomic mass is 79.9. The highest BCUT2D eigenvalue weighted by molar-refractivity contribution is 9.10. The first-order chi connectivity index (χ1) is 9.37. The molecular weight excluding hydrogens is 318 g/mol. The molecule has 1 fully saturated rings. The summed E-state index contributed by atoms with van der Waals surface area (Å²) >= 11 is 3.48. The van der Waals surface area contributed by atoms with Crippen LogP contribution in [-0.2, 0) is 9.53 Å². The van der Waals surface area contributed by atoms with E-state index in [1.54, 1.807) is 0 Å². The van der Waals surface area contributed by atoms with E-state index < -0.39 is 5.60 Å². The standard InChI is InChI=1S/C16H22BrNO2/c1-16(2,3)20-15(19)14(13-8-5-9-18-13)11-6-4-7-12(17)10-11/h4,6-7,10,13-14,18H,5,8-9H2,1-3H3/t13-,14+/m0/s1. The molecule has 20 heavy (non-hydrogen) atoms. The molecule has 4 heteroatoms. The first kappa shape index (κ1) is 15.5. The SMILES string of the molecule is CC(C)(C)OC(=O)[C@H](c1cccc(Br)c1)[C@@H]1CCCN1. The Morgan fingerprint density at radius 3 is 2.75 bits per heavy atom. The summed E-state index contributed by atoms with van der Waals surface area (Å²) in [4.78, 5) is 12.6. The number of nitrogens with one attached hydrogen (secondary N) is 1. The molecule has 3 nitrogen and oxygen atoms in total. The predicted molar refractivity (Wildman–Crippen MR) is 83.8 cm³/mol. The summed E-state index contributed by atoms with van der Waals surface area (Å²) < 4.78 is 6.60. The Morgan fingerprint density at radius 2 is 2.20 bits per heavy atom. The van der Waals surface area contributed by atoms with E-state index in [-0.39, 0.29) is 17.9 Å². The molecule has 1 aromatic carbocycles. The molecule has 2 atom stereocenters. The summed E-state index contributed by atoms with van der Waals surface area (Å²) in [5.41, 5.74) is 0.549. The summed E-state index contributed by atoms with van der Waals surface area (Å²) in [6, 6.07) is 8.11. The maximum Gasteiger partial charge on any atom is 0.315 e. The summed E-state index contributed by atoms with van der Waals surface area (Å²) in [5, 5.41) is 3.43. The van der Waals surface area contributed by atoms with Gasteiger partial charge >= 0.3 is 5.97 Å². The van der Waals surface area contributed by atoms with Gasteiger partial charge < -0.3 is 10.1 Å². The van der Waals surface area contributed by atoms with Gasteiger partial charge in [-0.1, -0.05) is 28.1 Å². The Balaban J connectivity index is 2.27. The second-order valence-electron chi connectivity index (χ2n) is 6.27. The minimum absolute atomic E-state index is 0.144. The van der Waals surface area contributed by atoms with Crippen LogP contribution in [0.15, 0.2) is 28.7 Å². The van der Waals surface area contributed by atoms with Crippen molar-refractivity contribution < 1.29 is 9.53 Å². The minimum Gasteiger partial charge on any atom is -0.459 e. The average Bonchev–Trinajstić information content (AvgIpc) is 2.80. The predicted octanol–water partition coefficient (Wildman–Crippen LogP) is 3.63. The molecule has 0 unspecified atom stereocenters. The van der Waals surface area contributed by atoms with Crippen molar-refractivity contribution in [3.05, 3.63) is 34.3 Å². The van der Waals surface area contributed by atoms with Crippen molar-refractivity contribution in [1.82, 2.24) is 5.32 Å². The van der Waals surface area contributed by atoms with Crippen molar-refractivity contribution in [2.45, 2.75) is 51.2 Å². The topological polar surface area (TPSA) is 38.3 Å². The molecule has 0 aliphatic carbocycles. The van der Waals surface area contributed by atoms with E-state index in [0.29, 0.717) is 0 Å². The third-order valence-corrected chi connectivity index (χ3v) is 3.86. The summed E-state index contributed by atoms with van der Waals surface area (Å²) in [6.07, 6.45) is 2.12. The van der Waals surface area contributed by atoms with Crippen LogP contribution in [0.4, 0.5) is 0 Å². The molecule has 1 heterocycles. The lowest BCUT2D eigenvalue weighted by molar-refractivity contribution is -0.157. The lowest BCUT2D eigenvalue weighted by Crippen LogP contribution is -2.37. The van der Waals surface area contributed by atoms with Crippen LogP contribution in [0.2, 0.25) is 0 Å². The number of carbonyl (C=O) groups excluding carboxylic acids is 1. The smallest absolute Gasteiger partial charge is 0.315 e. The van der Waals surface area contributed by atoms with E-state index in [1.165, 1.54) is 0 Å². The van der Waals surface area contributed by atoms with Crippen molar-refractivity contribution in [3.63, 3.8) is 0 Å². The zero-order chi connectivity index (χ0) is 14.8. The van der Waals surface area contributed by atoms with E-state index in [9.17, 15) is 4.79 Å². The number of benzene rings is 1. The van der Waals surface area contributed by atoms with Gasteiger partial charge in [-0.05, 0) is 57.9 Å². The van der Waals surface area contributed by atoms with Gasteiger partial charge in [0.15, 0.2) is 0 Å². The highest BCUT2D eigenvalue weighted by Crippen LogP contribution is 2.30. The Kier molecular flexibility index (Phi) is 4.86. The van der Waals surface area contributed by atoms with E-state index in [4.69, 9.17) is 4.74 Å². The Labute approximate surface area is 129 Å². The summed E-state index contributed by atoms with van der Waals surface area (Å²) in [7, 11) is 0. The maximum atomic E-state index is 12.6. The van der Waals surface area contributed by atoms with Crippen LogP contribution in [0, 0.1) is 0 Å². The molecule has 0 radical (unpaired) electrons. The van der Waals surface area contributed by atoms with Gasteiger partial charge in [0, 0.05) is 10.5 Å². The van der Waals surface area contributed by atoms with Crippen LogP contribution in [-0.4, -0.2) is 24.2 Å². The highest BCUT2D eigenvalue weighted by Gasteiger charge is 2.35. The van der Waals surface area contributed by atoms with Crippen molar-refractivity contribution >= 4 is 21.9 Å². The molecule has 1 aliphatic heterocycles. The summed E-state index contributed by atoms with van der Waals surface area (Å²) in [6.45, 7) is 6.69. The van der Waals surface area contributed by atoms with Crippen molar-refractivity contribution in [1.29, 1.82) is 0 Å². The number of ether oxygens (including phenoxy) is 1. The van der Waals surface area contributed by atoms with Crippen LogP contribution in [0.1, 0.15) is 45.1 Å². The van der Waals surface area contributed by atoms with Crippen LogP contribution >= 0.6 is 15.9 Å². The number of halogens is 1. The third kappa shape index (κ3) is 4.06. The lowest BCUT2D eigenvalue weighted by atomic mass is 9.90. The minimum atomic E-state index is -0.458. The zero-order valence-electron chi connectivity index (χ0n) is 12.3. The average molecular weight is 340 g/mol. The summed E-state index contributed by atoms with van der Waals surface area (Å²) in [5.74, 6) is -0.385. The van der Waals surface area contributed by atoms with Gasteiger partial charge in [-0.15, -0.1) is 0 Å². The fourth-order valence-corrected chi connectivity index (χ4v) is 3.01. The third-order valence-electron chi connectivity index (χ3n) is 3.37. The van der Waals surface area contributed by atoms with Crippen LogP contribution in [0.3, 0.4) is 0 Å². The first-order valence-corrected chi connectivity index (χ1v) is 7.88. The molecule has 0 amide bonds. The van der Waals surface area contributed by atoms with Crippen molar-refractivity contribution in [3.8, 4) is 0 Å². The van der Waals surface area contributed by atoms with Gasteiger partial charge in [0.2, 0.25) is 0 Å². The number of rotatable bonds is 3. The number of esters is 1. The molecule has 1 N–H and O–H groups in total. The van der Waals surface area contributed by atoms with Gasteiger partial charge in [-0.2, -0.15) is 0 Å². The second-order valence-corrected chi connectivity index (χ2v) is 7.18. The van der Waals surface area contributed by atoms with Crippen molar-refractivity contribution in [2.24, 2.45) is 0 Å². The van der Waals surface area contributed by atoms with E-state index in [1.807, 2.05) is 45.0 Å². The molecule has 1 aromatic rings. The van der Waals surface area contributed by atoms with Gasteiger partial charge in [0.05, 0.1) is 5.92 Å². The number of carbonyl (C=O) groups is 1. The Bertz CT molecular complexity index is 476. The van der Waals surface area contributed by atoms with Gasteiger partial charge in [0.1, 0.15) is 5.60 Å². The van der Waals surface area contributed by atoms with Crippen LogP contribution < -0.4 is 5.32 Å². The molecule has 110 valence electrons. The maximum absolute atomic E-state index is 12.6. The largest absolute Gasteiger partial charge is 0.459 e. The fraction of sp³-hybridized carbons (Fsp3) is 0.562. The zero-order valence-corrected chi connectivity index (χ0v) is 13.9. The molecule has 1 aliphatic rings. The normalized spacial score (nSPS) is 20.7. The van der Waals surface area contributed by atoms with Crippen molar-refractivity contribution in [2.75, 3.05) is 6.54 Å². The van der Waals surface area contributed by atoms with E-state index in [2.05, 4.69) is 21.2 Å². The molecular formula is C16H22BrNO2. The fourth-order valence-electron chi connectivity index (χ4n) is 2.59. The Hall–Kier alpha value is -0.870. The lowest BCUT2D eigenvalue weighted by Gasteiger charge is -2.27. The van der Waals surface area contributed by atoms with E-state index in [0.717, 1.165) is 29.4 Å². The van der Waals surface area contributed by atoms with Gasteiger partial charge in [0.25, 0.3) is 0 Å². The Morgan fingerprint density at radius 1 is 1.45 bits per heavy atom.